The van der Waals surface area contributed by atoms with E-state index >= 15 is 0 Å². The summed E-state index contributed by atoms with van der Waals surface area (Å²) in [6, 6.07) is 0. The normalized spacial score (nSPS) is 47.2. The summed E-state index contributed by atoms with van der Waals surface area (Å²) in [6.45, 7) is 3.65. The average Bonchev–Trinajstić information content (AvgIpc) is 2.46. The van der Waals surface area contributed by atoms with E-state index in [0.29, 0.717) is 5.41 Å². The quantitative estimate of drug-likeness (QED) is 0.427. The Balaban J connectivity index is 2.25. The van der Waals surface area contributed by atoms with E-state index in [2.05, 4.69) is 10.8 Å². The van der Waals surface area contributed by atoms with Gasteiger partial charge in [0.05, 0.1) is 0 Å². The van der Waals surface area contributed by atoms with Crippen LogP contribution in [0, 0.1) is 17.8 Å². The lowest BCUT2D eigenvalue weighted by Gasteiger charge is -2.16. The number of rotatable bonds is 0. The molecule has 0 amide bonds. The van der Waals surface area contributed by atoms with Crippen LogP contribution >= 0.6 is 0 Å². The van der Waals surface area contributed by atoms with E-state index < -0.39 is 0 Å². The van der Waals surface area contributed by atoms with Crippen LogP contribution in [0.3, 0.4) is 0 Å². The molecule has 0 aromatic carbocycles. The number of fused-ring (bicyclic) bond motifs is 2. The van der Waals surface area contributed by atoms with Gasteiger partial charge in [-0.25, -0.2) is 0 Å². The van der Waals surface area contributed by atoms with Crippen LogP contribution in [0.15, 0.2) is 0 Å². The van der Waals surface area contributed by atoms with Gasteiger partial charge in [0.25, 0.3) is 0 Å². The van der Waals surface area contributed by atoms with E-state index in [1.165, 1.54) is 32.5 Å². The molecular weight excluding hydrogens is 110 g/mol. The van der Waals surface area contributed by atoms with Crippen LogP contribution in [0.25, 0.3) is 0 Å². The zero-order valence-electron chi connectivity index (χ0n) is 5.56. The zero-order valence-corrected chi connectivity index (χ0v) is 5.56. The SMILES string of the molecule is C#CC12CCN(CC1)C2. The number of hydrogen-bond acceptors (Lipinski definition) is 1. The largest absolute Gasteiger partial charge is 0.302 e. The second-order valence-electron chi connectivity index (χ2n) is 3.20. The molecule has 2 fully saturated rings. The molecule has 0 aromatic rings. The van der Waals surface area contributed by atoms with Gasteiger partial charge in [-0.1, -0.05) is 5.92 Å². The fourth-order valence-electron chi connectivity index (χ4n) is 1.92. The second-order valence-corrected chi connectivity index (χ2v) is 3.20. The fraction of sp³-hybridized carbons (Fsp3) is 0.750. The molecule has 1 heteroatoms. The van der Waals surface area contributed by atoms with Gasteiger partial charge in [0.15, 0.2) is 0 Å². The number of terminal acetylenes is 1. The summed E-state index contributed by atoms with van der Waals surface area (Å²) in [5, 5.41) is 0. The molecule has 1 nitrogen and oxygen atoms in total. The first-order valence-corrected chi connectivity index (χ1v) is 3.55. The van der Waals surface area contributed by atoms with Crippen molar-refractivity contribution in [2.24, 2.45) is 5.41 Å². The standard InChI is InChI=1S/C8H11N/c1-2-8-3-5-9(7-8)6-4-8/h1H,3-7H2. The van der Waals surface area contributed by atoms with Gasteiger partial charge in [0.2, 0.25) is 0 Å². The van der Waals surface area contributed by atoms with Crippen molar-refractivity contribution >= 4 is 0 Å². The highest BCUT2D eigenvalue weighted by Crippen LogP contribution is 2.39. The van der Waals surface area contributed by atoms with Crippen molar-refractivity contribution in [3.05, 3.63) is 0 Å². The van der Waals surface area contributed by atoms with E-state index in [9.17, 15) is 0 Å². The highest BCUT2D eigenvalue weighted by molar-refractivity contribution is 5.14. The first-order chi connectivity index (χ1) is 4.35. The molecule has 0 N–H and O–H groups in total. The minimum absolute atomic E-state index is 0.306. The van der Waals surface area contributed by atoms with Crippen LogP contribution in [0.1, 0.15) is 12.8 Å². The lowest BCUT2D eigenvalue weighted by atomic mass is 9.86. The molecule has 0 aromatic heterocycles. The van der Waals surface area contributed by atoms with Gasteiger partial charge in [0.1, 0.15) is 0 Å². The Kier molecular flexibility index (Phi) is 0.896. The molecule has 2 saturated heterocycles. The van der Waals surface area contributed by atoms with Gasteiger partial charge in [-0.05, 0) is 25.9 Å². The summed E-state index contributed by atoms with van der Waals surface area (Å²) >= 11 is 0. The van der Waals surface area contributed by atoms with E-state index in [0.717, 1.165) is 0 Å². The molecule has 48 valence electrons. The summed E-state index contributed by atoms with van der Waals surface area (Å²) in [6.07, 6.45) is 7.91. The number of hydrogen-bond donors (Lipinski definition) is 0. The van der Waals surface area contributed by atoms with Crippen molar-refractivity contribution in [3.63, 3.8) is 0 Å². The lowest BCUT2D eigenvalue weighted by molar-refractivity contribution is 0.361. The molecule has 0 spiro atoms. The molecule has 2 bridgehead atoms. The molecule has 0 atom stereocenters. The van der Waals surface area contributed by atoms with Gasteiger partial charge in [0, 0.05) is 12.0 Å². The van der Waals surface area contributed by atoms with Crippen molar-refractivity contribution in [2.45, 2.75) is 12.8 Å². The second kappa shape index (κ2) is 1.52. The van der Waals surface area contributed by atoms with Crippen LogP contribution in [0.2, 0.25) is 0 Å². The predicted molar refractivity (Wildman–Crippen MR) is 36.9 cm³/mol. The summed E-state index contributed by atoms with van der Waals surface area (Å²) in [5.41, 5.74) is 0.306. The van der Waals surface area contributed by atoms with Gasteiger partial charge >= 0.3 is 0 Å². The molecule has 2 heterocycles. The molecule has 9 heavy (non-hydrogen) atoms. The molecule has 0 saturated carbocycles. The van der Waals surface area contributed by atoms with Gasteiger partial charge in [-0.3, -0.25) is 0 Å². The van der Waals surface area contributed by atoms with E-state index in [-0.39, 0.29) is 0 Å². The molecular formula is C8H11N. The number of nitrogens with zero attached hydrogens (tertiary/aromatic N) is 1. The summed E-state index contributed by atoms with van der Waals surface area (Å²) < 4.78 is 0. The maximum atomic E-state index is 5.43. The number of piperidine rings is 1. The van der Waals surface area contributed by atoms with Gasteiger partial charge < -0.3 is 4.90 Å². The predicted octanol–water partition coefficient (Wildman–Crippen LogP) is 0.715. The summed E-state index contributed by atoms with van der Waals surface area (Å²) in [4.78, 5) is 2.46. The molecule has 2 aliphatic rings. The van der Waals surface area contributed by atoms with Crippen molar-refractivity contribution in [2.75, 3.05) is 19.6 Å². The topological polar surface area (TPSA) is 3.24 Å². The Morgan fingerprint density at radius 1 is 1.33 bits per heavy atom. The summed E-state index contributed by atoms with van der Waals surface area (Å²) in [7, 11) is 0. The Hall–Kier alpha value is -0.480. The first kappa shape index (κ1) is 5.32. The minimum Gasteiger partial charge on any atom is -0.302 e. The van der Waals surface area contributed by atoms with E-state index in [1.54, 1.807) is 0 Å². The molecule has 2 aliphatic heterocycles. The third kappa shape index (κ3) is 0.601. The zero-order chi connectivity index (χ0) is 6.32. The highest BCUT2D eigenvalue weighted by Gasteiger charge is 2.41. The van der Waals surface area contributed by atoms with Gasteiger partial charge in [-0.15, -0.1) is 6.42 Å². The van der Waals surface area contributed by atoms with Gasteiger partial charge in [-0.2, -0.15) is 0 Å². The smallest absolute Gasteiger partial charge is 0.0463 e. The van der Waals surface area contributed by atoms with Crippen LogP contribution in [0.4, 0.5) is 0 Å². The Morgan fingerprint density at radius 2 is 2.00 bits per heavy atom. The minimum atomic E-state index is 0.306. The van der Waals surface area contributed by atoms with Crippen LogP contribution in [-0.2, 0) is 0 Å². The highest BCUT2D eigenvalue weighted by atomic mass is 15.2. The van der Waals surface area contributed by atoms with E-state index in [1.807, 2.05) is 0 Å². The Bertz CT molecular complexity index is 158. The third-order valence-electron chi connectivity index (χ3n) is 2.65. The maximum absolute atomic E-state index is 5.43. The fourth-order valence-corrected chi connectivity index (χ4v) is 1.92. The average molecular weight is 121 g/mol. The molecule has 2 rings (SSSR count). The molecule has 0 radical (unpaired) electrons. The van der Waals surface area contributed by atoms with Crippen LogP contribution < -0.4 is 0 Å². The maximum Gasteiger partial charge on any atom is 0.0463 e. The van der Waals surface area contributed by atoms with Crippen molar-refractivity contribution < 1.29 is 0 Å². The monoisotopic (exact) mass is 121 g/mol. The Morgan fingerprint density at radius 3 is 2.22 bits per heavy atom. The van der Waals surface area contributed by atoms with E-state index in [4.69, 9.17) is 6.42 Å². The first-order valence-electron chi connectivity index (χ1n) is 3.55. The van der Waals surface area contributed by atoms with Crippen LogP contribution in [-0.4, -0.2) is 24.5 Å². The van der Waals surface area contributed by atoms with Crippen LogP contribution in [0.5, 0.6) is 0 Å². The third-order valence-corrected chi connectivity index (χ3v) is 2.65. The molecule has 0 aliphatic carbocycles. The lowest BCUT2D eigenvalue weighted by Crippen LogP contribution is -2.17. The Labute approximate surface area is 56.0 Å². The van der Waals surface area contributed by atoms with Crippen molar-refractivity contribution in [1.82, 2.24) is 4.90 Å². The van der Waals surface area contributed by atoms with Crippen molar-refractivity contribution in [1.29, 1.82) is 0 Å². The molecule has 0 unspecified atom stereocenters. The van der Waals surface area contributed by atoms with Crippen molar-refractivity contribution in [3.8, 4) is 12.3 Å². The summed E-state index contributed by atoms with van der Waals surface area (Å²) in [5.74, 6) is 2.93.